The van der Waals surface area contributed by atoms with Crippen LogP contribution in [0.2, 0.25) is 0 Å². The van der Waals surface area contributed by atoms with E-state index in [9.17, 15) is 0 Å². The first-order valence-corrected chi connectivity index (χ1v) is 6.49. The van der Waals surface area contributed by atoms with E-state index in [4.69, 9.17) is 5.73 Å². The SMILES string of the molecule is Cc1sc2nc(CC3CC3)nc(N)c2c1C. The Morgan fingerprint density at radius 2 is 2.06 bits per heavy atom. The molecule has 0 bridgehead atoms. The Morgan fingerprint density at radius 1 is 1.31 bits per heavy atom. The predicted octanol–water partition coefficient (Wildman–Crippen LogP) is 2.84. The van der Waals surface area contributed by atoms with E-state index in [1.54, 1.807) is 11.3 Å². The lowest BCUT2D eigenvalue weighted by Gasteiger charge is -2.02. The third-order valence-corrected chi connectivity index (χ3v) is 4.37. The minimum atomic E-state index is 0.655. The fourth-order valence-electron chi connectivity index (χ4n) is 2.00. The molecule has 16 heavy (non-hydrogen) atoms. The van der Waals surface area contributed by atoms with Crippen LogP contribution in [-0.4, -0.2) is 9.97 Å². The molecular formula is C12H15N3S. The fourth-order valence-corrected chi connectivity index (χ4v) is 3.05. The van der Waals surface area contributed by atoms with Crippen molar-refractivity contribution in [3.63, 3.8) is 0 Å². The van der Waals surface area contributed by atoms with Gasteiger partial charge in [-0.05, 0) is 38.2 Å². The molecule has 2 N–H and O–H groups in total. The zero-order valence-corrected chi connectivity index (χ0v) is 10.4. The fraction of sp³-hybridized carbons (Fsp3) is 0.500. The summed E-state index contributed by atoms with van der Waals surface area (Å²) in [4.78, 5) is 11.4. The van der Waals surface area contributed by atoms with Gasteiger partial charge in [-0.3, -0.25) is 0 Å². The lowest BCUT2D eigenvalue weighted by Crippen LogP contribution is -2.01. The molecule has 2 aromatic heterocycles. The van der Waals surface area contributed by atoms with E-state index in [-0.39, 0.29) is 0 Å². The van der Waals surface area contributed by atoms with Crippen LogP contribution >= 0.6 is 11.3 Å². The Kier molecular flexibility index (Phi) is 2.14. The molecule has 2 aromatic rings. The van der Waals surface area contributed by atoms with Gasteiger partial charge in [-0.25, -0.2) is 9.97 Å². The Balaban J connectivity index is 2.13. The summed E-state index contributed by atoms with van der Waals surface area (Å²) in [5.41, 5.74) is 7.25. The second-order valence-electron chi connectivity index (χ2n) is 4.64. The number of nitrogens with two attached hydrogens (primary N) is 1. The molecule has 4 heteroatoms. The summed E-state index contributed by atoms with van der Waals surface area (Å²) in [6, 6.07) is 0. The molecule has 0 radical (unpaired) electrons. The molecule has 0 spiro atoms. The largest absolute Gasteiger partial charge is 0.383 e. The minimum Gasteiger partial charge on any atom is -0.383 e. The average Bonchev–Trinajstić information content (AvgIpc) is 2.95. The highest BCUT2D eigenvalue weighted by atomic mass is 32.1. The molecule has 1 saturated carbocycles. The van der Waals surface area contributed by atoms with Gasteiger partial charge in [0.25, 0.3) is 0 Å². The van der Waals surface area contributed by atoms with Crippen LogP contribution in [0.15, 0.2) is 0 Å². The van der Waals surface area contributed by atoms with E-state index in [0.717, 1.165) is 28.4 Å². The molecule has 0 amide bonds. The van der Waals surface area contributed by atoms with Crippen molar-refractivity contribution in [3.8, 4) is 0 Å². The molecule has 84 valence electrons. The van der Waals surface area contributed by atoms with Crippen molar-refractivity contribution in [1.29, 1.82) is 0 Å². The second-order valence-corrected chi connectivity index (χ2v) is 5.84. The van der Waals surface area contributed by atoms with Gasteiger partial charge in [-0.1, -0.05) is 0 Å². The summed E-state index contributed by atoms with van der Waals surface area (Å²) in [5, 5.41) is 1.06. The number of nitrogen functional groups attached to an aromatic ring is 1. The van der Waals surface area contributed by atoms with Crippen molar-refractivity contribution in [1.82, 2.24) is 9.97 Å². The minimum absolute atomic E-state index is 0.655. The van der Waals surface area contributed by atoms with E-state index < -0.39 is 0 Å². The number of thiophene rings is 1. The average molecular weight is 233 g/mol. The monoisotopic (exact) mass is 233 g/mol. The van der Waals surface area contributed by atoms with Crippen molar-refractivity contribution in [2.24, 2.45) is 5.92 Å². The van der Waals surface area contributed by atoms with E-state index in [1.165, 1.54) is 23.3 Å². The predicted molar refractivity (Wildman–Crippen MR) is 67.7 cm³/mol. The van der Waals surface area contributed by atoms with Gasteiger partial charge < -0.3 is 5.73 Å². The smallest absolute Gasteiger partial charge is 0.136 e. The summed E-state index contributed by atoms with van der Waals surface area (Å²) in [5.74, 6) is 2.38. The first kappa shape index (κ1) is 10.0. The van der Waals surface area contributed by atoms with Gasteiger partial charge in [0.05, 0.1) is 5.39 Å². The number of hydrogen-bond acceptors (Lipinski definition) is 4. The lowest BCUT2D eigenvalue weighted by atomic mass is 10.2. The van der Waals surface area contributed by atoms with E-state index in [1.807, 2.05) is 0 Å². The topological polar surface area (TPSA) is 51.8 Å². The molecule has 3 rings (SSSR count). The number of rotatable bonds is 2. The number of nitrogens with zero attached hydrogens (tertiary/aromatic N) is 2. The highest BCUT2D eigenvalue weighted by molar-refractivity contribution is 7.18. The van der Waals surface area contributed by atoms with Gasteiger partial charge in [0.2, 0.25) is 0 Å². The highest BCUT2D eigenvalue weighted by Crippen LogP contribution is 2.35. The molecule has 2 heterocycles. The Hall–Kier alpha value is -1.16. The van der Waals surface area contributed by atoms with Crippen LogP contribution in [0.25, 0.3) is 10.2 Å². The summed E-state index contributed by atoms with van der Waals surface area (Å²) in [6.45, 7) is 4.20. The molecule has 0 unspecified atom stereocenters. The quantitative estimate of drug-likeness (QED) is 0.867. The van der Waals surface area contributed by atoms with Crippen LogP contribution in [0.1, 0.15) is 29.1 Å². The standard InChI is InChI=1S/C12H15N3S/c1-6-7(2)16-12-10(6)11(13)14-9(15-12)5-8-3-4-8/h8H,3-5H2,1-2H3,(H2,13,14,15). The van der Waals surface area contributed by atoms with Gasteiger partial charge in [0, 0.05) is 11.3 Å². The zero-order chi connectivity index (χ0) is 11.3. The normalized spacial score (nSPS) is 15.9. The molecule has 0 aliphatic heterocycles. The molecule has 0 saturated heterocycles. The third-order valence-electron chi connectivity index (χ3n) is 3.27. The Labute approximate surface area is 98.7 Å². The molecule has 0 aromatic carbocycles. The number of hydrogen-bond donors (Lipinski definition) is 1. The molecule has 1 aliphatic rings. The van der Waals surface area contributed by atoms with Crippen LogP contribution in [0.5, 0.6) is 0 Å². The van der Waals surface area contributed by atoms with Crippen LogP contribution in [0.4, 0.5) is 5.82 Å². The molecule has 3 nitrogen and oxygen atoms in total. The maximum atomic E-state index is 6.02. The van der Waals surface area contributed by atoms with Crippen molar-refractivity contribution in [2.45, 2.75) is 33.1 Å². The summed E-state index contributed by atoms with van der Waals surface area (Å²) in [6.07, 6.45) is 3.64. The number of aromatic nitrogens is 2. The Morgan fingerprint density at radius 3 is 2.75 bits per heavy atom. The van der Waals surface area contributed by atoms with Crippen molar-refractivity contribution >= 4 is 27.4 Å². The molecular weight excluding hydrogens is 218 g/mol. The van der Waals surface area contributed by atoms with Crippen molar-refractivity contribution < 1.29 is 0 Å². The molecule has 0 atom stereocenters. The molecule has 1 fully saturated rings. The third kappa shape index (κ3) is 1.57. The zero-order valence-electron chi connectivity index (χ0n) is 9.58. The van der Waals surface area contributed by atoms with Gasteiger partial charge in [-0.15, -0.1) is 11.3 Å². The second kappa shape index (κ2) is 3.42. The number of fused-ring (bicyclic) bond motifs is 1. The lowest BCUT2D eigenvalue weighted by molar-refractivity contribution is 0.778. The van der Waals surface area contributed by atoms with Crippen LogP contribution < -0.4 is 5.73 Å². The van der Waals surface area contributed by atoms with Crippen LogP contribution in [-0.2, 0) is 6.42 Å². The van der Waals surface area contributed by atoms with E-state index in [0.29, 0.717) is 5.82 Å². The van der Waals surface area contributed by atoms with Gasteiger partial charge in [0.15, 0.2) is 0 Å². The number of anilines is 1. The summed E-state index contributed by atoms with van der Waals surface area (Å²) < 4.78 is 0. The Bertz CT molecular complexity index is 555. The summed E-state index contributed by atoms with van der Waals surface area (Å²) >= 11 is 1.72. The van der Waals surface area contributed by atoms with Crippen molar-refractivity contribution in [2.75, 3.05) is 5.73 Å². The first-order valence-electron chi connectivity index (χ1n) is 5.67. The highest BCUT2D eigenvalue weighted by Gasteiger charge is 2.23. The van der Waals surface area contributed by atoms with Gasteiger partial charge in [0.1, 0.15) is 16.5 Å². The van der Waals surface area contributed by atoms with Crippen molar-refractivity contribution in [3.05, 3.63) is 16.3 Å². The first-order chi connectivity index (χ1) is 7.65. The molecule has 1 aliphatic carbocycles. The van der Waals surface area contributed by atoms with E-state index in [2.05, 4.69) is 23.8 Å². The maximum Gasteiger partial charge on any atom is 0.136 e. The summed E-state index contributed by atoms with van der Waals surface area (Å²) in [7, 11) is 0. The van der Waals surface area contributed by atoms with Crippen LogP contribution in [0, 0.1) is 19.8 Å². The maximum absolute atomic E-state index is 6.02. The van der Waals surface area contributed by atoms with Gasteiger partial charge >= 0.3 is 0 Å². The number of aryl methyl sites for hydroxylation is 2. The van der Waals surface area contributed by atoms with Crippen LogP contribution in [0.3, 0.4) is 0 Å². The van der Waals surface area contributed by atoms with E-state index >= 15 is 0 Å². The van der Waals surface area contributed by atoms with Gasteiger partial charge in [-0.2, -0.15) is 0 Å².